The zero-order chi connectivity index (χ0) is 8.43. The summed E-state index contributed by atoms with van der Waals surface area (Å²) < 4.78 is 2.00. The maximum Gasteiger partial charge on any atom is 0.140 e. The summed E-state index contributed by atoms with van der Waals surface area (Å²) in [7, 11) is 0. The van der Waals surface area contributed by atoms with Gasteiger partial charge in [0.05, 0.1) is 11.6 Å². The van der Waals surface area contributed by atoms with Crippen LogP contribution in [0.25, 0.3) is 0 Å². The van der Waals surface area contributed by atoms with Crippen molar-refractivity contribution in [3.8, 4) is 0 Å². The predicted octanol–water partition coefficient (Wildman–Crippen LogP) is 3.50. The summed E-state index contributed by atoms with van der Waals surface area (Å²) in [6, 6.07) is 0. The Hall–Kier alpha value is 0.810. The predicted molar refractivity (Wildman–Crippen MR) is 54.7 cm³/mol. The SMILES string of the molecule is ClCc1nc(Br)c(Br)nc1Br. The minimum Gasteiger partial charge on any atom is -0.239 e. The molecule has 6 heteroatoms. The smallest absolute Gasteiger partial charge is 0.140 e. The standard InChI is InChI=1S/C5H2Br3ClN2/c6-3-2(1-9)10-4(7)5(8)11-3/h1H2. The van der Waals surface area contributed by atoms with Gasteiger partial charge < -0.3 is 0 Å². The van der Waals surface area contributed by atoms with Crippen molar-refractivity contribution in [3.63, 3.8) is 0 Å². The van der Waals surface area contributed by atoms with E-state index in [1.165, 1.54) is 0 Å². The Labute approximate surface area is 94.1 Å². The molecule has 0 spiro atoms. The molecule has 1 aromatic rings. The Morgan fingerprint density at radius 3 is 2.09 bits per heavy atom. The molecule has 60 valence electrons. The third-order valence-electron chi connectivity index (χ3n) is 0.964. The lowest BCUT2D eigenvalue weighted by atomic mass is 10.5. The van der Waals surface area contributed by atoms with Gasteiger partial charge >= 0.3 is 0 Å². The second-order valence-corrected chi connectivity index (χ2v) is 4.20. The summed E-state index contributed by atoms with van der Waals surface area (Å²) in [5.41, 5.74) is 0.724. The Kier molecular flexibility index (Phi) is 3.74. The molecule has 0 aliphatic carbocycles. The fraction of sp³-hybridized carbons (Fsp3) is 0.200. The second kappa shape index (κ2) is 4.16. The minimum atomic E-state index is 0.347. The lowest BCUT2D eigenvalue weighted by Gasteiger charge is -2.00. The van der Waals surface area contributed by atoms with Crippen LogP contribution in [0.5, 0.6) is 0 Å². The van der Waals surface area contributed by atoms with Crippen LogP contribution in [0, 0.1) is 0 Å². The van der Waals surface area contributed by atoms with E-state index in [2.05, 4.69) is 57.8 Å². The van der Waals surface area contributed by atoms with Crippen molar-refractivity contribution in [2.24, 2.45) is 0 Å². The van der Waals surface area contributed by atoms with Crippen LogP contribution >= 0.6 is 59.4 Å². The van der Waals surface area contributed by atoms with Gasteiger partial charge in [-0.25, -0.2) is 9.97 Å². The number of nitrogens with zero attached hydrogens (tertiary/aromatic N) is 2. The average Bonchev–Trinajstić information content (AvgIpc) is 1.97. The molecule has 0 bridgehead atoms. The van der Waals surface area contributed by atoms with E-state index in [-0.39, 0.29) is 0 Å². The highest BCUT2D eigenvalue weighted by Crippen LogP contribution is 2.23. The molecule has 0 amide bonds. The van der Waals surface area contributed by atoms with Crippen LogP contribution in [0.4, 0.5) is 0 Å². The Balaban J connectivity index is 3.21. The molecule has 0 fully saturated rings. The van der Waals surface area contributed by atoms with Gasteiger partial charge in [0.25, 0.3) is 0 Å². The average molecular weight is 365 g/mol. The van der Waals surface area contributed by atoms with Crippen LogP contribution in [0.15, 0.2) is 13.8 Å². The highest BCUT2D eigenvalue weighted by molar-refractivity contribution is 9.13. The highest BCUT2D eigenvalue weighted by atomic mass is 79.9. The van der Waals surface area contributed by atoms with E-state index < -0.39 is 0 Å². The maximum atomic E-state index is 5.59. The molecule has 11 heavy (non-hydrogen) atoms. The van der Waals surface area contributed by atoms with Crippen LogP contribution in [0.3, 0.4) is 0 Å². The zero-order valence-corrected chi connectivity index (χ0v) is 10.6. The first-order chi connectivity index (χ1) is 5.15. The van der Waals surface area contributed by atoms with E-state index in [1.807, 2.05) is 0 Å². The van der Waals surface area contributed by atoms with Crippen molar-refractivity contribution >= 4 is 59.4 Å². The number of hydrogen-bond donors (Lipinski definition) is 0. The molecule has 0 saturated carbocycles. The number of rotatable bonds is 1. The van der Waals surface area contributed by atoms with Crippen LogP contribution in [0.2, 0.25) is 0 Å². The zero-order valence-electron chi connectivity index (χ0n) is 5.11. The number of aromatic nitrogens is 2. The summed E-state index contributed by atoms with van der Waals surface area (Å²) in [4.78, 5) is 8.20. The van der Waals surface area contributed by atoms with Crippen molar-refractivity contribution < 1.29 is 0 Å². The van der Waals surface area contributed by atoms with Crippen LogP contribution in [-0.2, 0) is 5.88 Å². The van der Waals surface area contributed by atoms with Gasteiger partial charge in [0.2, 0.25) is 0 Å². The lowest BCUT2D eigenvalue weighted by Crippen LogP contribution is -1.92. The normalized spacial score (nSPS) is 10.2. The molecule has 0 atom stereocenters. The van der Waals surface area contributed by atoms with Gasteiger partial charge in [-0.15, -0.1) is 11.6 Å². The number of halogens is 4. The van der Waals surface area contributed by atoms with E-state index >= 15 is 0 Å². The summed E-state index contributed by atoms with van der Waals surface area (Å²) in [6.45, 7) is 0. The van der Waals surface area contributed by atoms with Crippen LogP contribution < -0.4 is 0 Å². The monoisotopic (exact) mass is 362 g/mol. The molecule has 2 nitrogen and oxygen atoms in total. The van der Waals surface area contributed by atoms with E-state index in [0.29, 0.717) is 19.7 Å². The maximum absolute atomic E-state index is 5.59. The molecule has 0 radical (unpaired) electrons. The van der Waals surface area contributed by atoms with Crippen LogP contribution in [0.1, 0.15) is 5.69 Å². The fourth-order valence-corrected chi connectivity index (χ4v) is 2.05. The Morgan fingerprint density at radius 1 is 1.00 bits per heavy atom. The third-order valence-corrected chi connectivity index (χ3v) is 3.49. The summed E-state index contributed by atoms with van der Waals surface area (Å²) in [5, 5.41) is 0. The second-order valence-electron chi connectivity index (χ2n) is 1.68. The van der Waals surface area contributed by atoms with Gasteiger partial charge in [-0.1, -0.05) is 0 Å². The molecule has 0 aromatic carbocycles. The van der Waals surface area contributed by atoms with Gasteiger partial charge in [-0.05, 0) is 47.8 Å². The van der Waals surface area contributed by atoms with Gasteiger partial charge in [0.15, 0.2) is 0 Å². The number of hydrogen-bond acceptors (Lipinski definition) is 2. The largest absolute Gasteiger partial charge is 0.239 e. The summed E-state index contributed by atoms with van der Waals surface area (Å²) >= 11 is 15.3. The highest BCUT2D eigenvalue weighted by Gasteiger charge is 2.06. The Morgan fingerprint density at radius 2 is 1.55 bits per heavy atom. The summed E-state index contributed by atoms with van der Waals surface area (Å²) in [5.74, 6) is 0.347. The molecule has 1 aromatic heterocycles. The molecule has 0 saturated heterocycles. The quantitative estimate of drug-likeness (QED) is 0.712. The van der Waals surface area contributed by atoms with Crippen molar-refractivity contribution in [3.05, 3.63) is 19.5 Å². The van der Waals surface area contributed by atoms with E-state index in [4.69, 9.17) is 11.6 Å². The molecule has 0 unspecified atom stereocenters. The first kappa shape index (κ1) is 9.89. The lowest BCUT2D eigenvalue weighted by molar-refractivity contribution is 1.02. The fourth-order valence-electron chi connectivity index (χ4n) is 0.493. The Bertz CT molecular complexity index is 279. The molecule has 0 aliphatic rings. The first-order valence-electron chi connectivity index (χ1n) is 2.58. The number of alkyl halides is 1. The molecular formula is C5H2Br3ClN2. The topological polar surface area (TPSA) is 25.8 Å². The van der Waals surface area contributed by atoms with Crippen molar-refractivity contribution in [1.82, 2.24) is 9.97 Å². The van der Waals surface area contributed by atoms with E-state index in [9.17, 15) is 0 Å². The van der Waals surface area contributed by atoms with Crippen molar-refractivity contribution in [2.45, 2.75) is 5.88 Å². The minimum absolute atomic E-state index is 0.347. The molecular weight excluding hydrogens is 363 g/mol. The van der Waals surface area contributed by atoms with Crippen molar-refractivity contribution in [2.75, 3.05) is 0 Å². The van der Waals surface area contributed by atoms with E-state index in [0.717, 1.165) is 5.69 Å². The molecule has 1 heterocycles. The summed E-state index contributed by atoms with van der Waals surface area (Å²) in [6.07, 6.45) is 0. The van der Waals surface area contributed by atoms with Crippen molar-refractivity contribution in [1.29, 1.82) is 0 Å². The molecule has 0 aliphatic heterocycles. The van der Waals surface area contributed by atoms with Gasteiger partial charge in [0, 0.05) is 0 Å². The van der Waals surface area contributed by atoms with Crippen LogP contribution in [-0.4, -0.2) is 9.97 Å². The third kappa shape index (κ3) is 2.37. The first-order valence-corrected chi connectivity index (χ1v) is 5.50. The molecule has 0 N–H and O–H groups in total. The molecule has 1 rings (SSSR count). The van der Waals surface area contributed by atoms with E-state index in [1.54, 1.807) is 0 Å². The van der Waals surface area contributed by atoms with Gasteiger partial charge in [0.1, 0.15) is 13.8 Å². The van der Waals surface area contributed by atoms with Gasteiger partial charge in [-0.3, -0.25) is 0 Å². The van der Waals surface area contributed by atoms with Gasteiger partial charge in [-0.2, -0.15) is 0 Å².